The summed E-state index contributed by atoms with van der Waals surface area (Å²) in [5, 5.41) is 5.91. The average molecular weight is 258 g/mol. The molecule has 0 aliphatic carbocycles. The minimum Gasteiger partial charge on any atom is -0.312 e. The summed E-state index contributed by atoms with van der Waals surface area (Å²) in [6.45, 7) is 5.67. The van der Waals surface area contributed by atoms with Crippen LogP contribution in [0, 0.1) is 0 Å². The minimum atomic E-state index is 0.924. The first-order chi connectivity index (χ1) is 8.90. The molecule has 1 N–H and O–H groups in total. The molecule has 2 nitrogen and oxygen atoms in total. The summed E-state index contributed by atoms with van der Waals surface area (Å²) in [5.74, 6) is 2.16. The Bertz CT molecular complexity index is 511. The number of hydrogen-bond donors (Lipinski definition) is 1. The van der Waals surface area contributed by atoms with Crippen LogP contribution in [0.15, 0.2) is 49.3 Å². The van der Waals surface area contributed by atoms with Gasteiger partial charge in [-0.2, -0.15) is 11.8 Å². The number of rotatable bonds is 7. The quantitative estimate of drug-likeness (QED) is 0.609. The molecule has 0 saturated heterocycles. The largest absolute Gasteiger partial charge is 0.312 e. The second kappa shape index (κ2) is 7.19. The Morgan fingerprint density at radius 3 is 3.11 bits per heavy atom. The van der Waals surface area contributed by atoms with Gasteiger partial charge in [0.2, 0.25) is 0 Å². The first-order valence-corrected chi connectivity index (χ1v) is 7.27. The van der Waals surface area contributed by atoms with Gasteiger partial charge in [0.15, 0.2) is 0 Å². The summed E-state index contributed by atoms with van der Waals surface area (Å²) in [6.07, 6.45) is 5.69. The summed E-state index contributed by atoms with van der Waals surface area (Å²) in [7, 11) is 0. The van der Waals surface area contributed by atoms with Gasteiger partial charge in [0, 0.05) is 42.4 Å². The summed E-state index contributed by atoms with van der Waals surface area (Å²) >= 11 is 1.90. The monoisotopic (exact) mass is 258 g/mol. The van der Waals surface area contributed by atoms with E-state index in [1.54, 1.807) is 0 Å². The minimum absolute atomic E-state index is 0.924. The predicted octanol–water partition coefficient (Wildman–Crippen LogP) is 3.24. The van der Waals surface area contributed by atoms with Crippen molar-refractivity contribution in [2.75, 3.05) is 18.1 Å². The van der Waals surface area contributed by atoms with Gasteiger partial charge in [-0.15, -0.1) is 6.58 Å². The predicted molar refractivity (Wildman–Crippen MR) is 81.0 cm³/mol. The number of nitrogens with one attached hydrogen (secondary N) is 1. The van der Waals surface area contributed by atoms with Crippen molar-refractivity contribution >= 4 is 22.5 Å². The van der Waals surface area contributed by atoms with E-state index in [-0.39, 0.29) is 0 Å². The maximum atomic E-state index is 4.12. The third-order valence-corrected chi connectivity index (χ3v) is 3.66. The maximum absolute atomic E-state index is 4.12. The number of thioether (sulfide) groups is 1. The van der Waals surface area contributed by atoms with Crippen LogP contribution in [0.1, 0.15) is 5.56 Å². The summed E-state index contributed by atoms with van der Waals surface area (Å²) in [4.78, 5) is 4.12. The van der Waals surface area contributed by atoms with Crippen LogP contribution in [0.2, 0.25) is 0 Å². The Hall–Kier alpha value is -1.32. The van der Waals surface area contributed by atoms with Crippen LogP contribution in [0.25, 0.3) is 10.8 Å². The number of aromatic nitrogens is 1. The molecular formula is C15H18N2S. The topological polar surface area (TPSA) is 24.9 Å². The summed E-state index contributed by atoms with van der Waals surface area (Å²) in [6, 6.07) is 8.57. The number of fused-ring (bicyclic) bond motifs is 1. The van der Waals surface area contributed by atoms with Gasteiger partial charge >= 0.3 is 0 Å². The van der Waals surface area contributed by atoms with E-state index < -0.39 is 0 Å². The molecule has 2 aromatic rings. The molecule has 94 valence electrons. The fraction of sp³-hybridized carbons (Fsp3) is 0.267. The third-order valence-electron chi connectivity index (χ3n) is 2.69. The van der Waals surface area contributed by atoms with Gasteiger partial charge in [0.25, 0.3) is 0 Å². The van der Waals surface area contributed by atoms with Gasteiger partial charge in [0.05, 0.1) is 0 Å². The van der Waals surface area contributed by atoms with E-state index >= 15 is 0 Å². The highest BCUT2D eigenvalue weighted by Gasteiger charge is 1.96. The average Bonchev–Trinajstić information content (AvgIpc) is 2.42. The zero-order valence-electron chi connectivity index (χ0n) is 10.4. The molecule has 0 radical (unpaired) electrons. The molecule has 0 aliphatic rings. The molecule has 0 aliphatic heterocycles. The van der Waals surface area contributed by atoms with Gasteiger partial charge in [-0.05, 0) is 23.1 Å². The molecular weight excluding hydrogens is 240 g/mol. The smallest absolute Gasteiger partial charge is 0.0346 e. The Labute approximate surface area is 113 Å². The van der Waals surface area contributed by atoms with Crippen LogP contribution in [-0.4, -0.2) is 23.0 Å². The van der Waals surface area contributed by atoms with Crippen LogP contribution in [0.3, 0.4) is 0 Å². The molecule has 1 aromatic heterocycles. The highest BCUT2D eigenvalue weighted by Crippen LogP contribution is 2.14. The Morgan fingerprint density at radius 1 is 1.28 bits per heavy atom. The van der Waals surface area contributed by atoms with E-state index in [0.29, 0.717) is 0 Å². The van der Waals surface area contributed by atoms with Gasteiger partial charge in [-0.3, -0.25) is 4.98 Å². The molecule has 0 amide bonds. The van der Waals surface area contributed by atoms with Crippen molar-refractivity contribution in [2.24, 2.45) is 0 Å². The summed E-state index contributed by atoms with van der Waals surface area (Å²) < 4.78 is 0. The molecule has 0 spiro atoms. The molecule has 0 fully saturated rings. The van der Waals surface area contributed by atoms with Crippen LogP contribution in [0.4, 0.5) is 0 Å². The van der Waals surface area contributed by atoms with Crippen molar-refractivity contribution in [2.45, 2.75) is 6.54 Å². The van der Waals surface area contributed by atoms with E-state index in [1.807, 2.05) is 30.2 Å². The van der Waals surface area contributed by atoms with E-state index in [2.05, 4.69) is 41.1 Å². The number of benzene rings is 1. The lowest BCUT2D eigenvalue weighted by molar-refractivity contribution is 0.733. The fourth-order valence-corrected chi connectivity index (χ4v) is 2.41. The molecule has 1 heterocycles. The van der Waals surface area contributed by atoms with Crippen molar-refractivity contribution in [1.82, 2.24) is 10.3 Å². The SMILES string of the molecule is C=CCSCCNCc1ccc2cnccc2c1. The third kappa shape index (κ3) is 3.86. The fourth-order valence-electron chi connectivity index (χ4n) is 1.79. The molecule has 2 rings (SSSR count). The Kier molecular flexibility index (Phi) is 5.24. The Morgan fingerprint density at radius 2 is 2.22 bits per heavy atom. The van der Waals surface area contributed by atoms with Crippen molar-refractivity contribution in [3.8, 4) is 0 Å². The lowest BCUT2D eigenvalue weighted by Gasteiger charge is -2.05. The molecule has 0 bridgehead atoms. The standard InChI is InChI=1S/C15H18N2S/c1-2-8-18-9-7-17-11-13-3-4-15-12-16-6-5-14(15)10-13/h2-6,10,12,17H,1,7-9,11H2. The number of hydrogen-bond acceptors (Lipinski definition) is 3. The molecule has 3 heteroatoms. The molecule has 0 unspecified atom stereocenters. The zero-order chi connectivity index (χ0) is 12.6. The first-order valence-electron chi connectivity index (χ1n) is 6.12. The molecule has 1 aromatic carbocycles. The molecule has 18 heavy (non-hydrogen) atoms. The lowest BCUT2D eigenvalue weighted by Crippen LogP contribution is -2.16. The lowest BCUT2D eigenvalue weighted by atomic mass is 10.1. The van der Waals surface area contributed by atoms with Crippen molar-refractivity contribution in [1.29, 1.82) is 0 Å². The van der Waals surface area contributed by atoms with E-state index in [0.717, 1.165) is 24.6 Å². The van der Waals surface area contributed by atoms with Crippen LogP contribution < -0.4 is 5.32 Å². The highest BCUT2D eigenvalue weighted by atomic mass is 32.2. The van der Waals surface area contributed by atoms with Crippen molar-refractivity contribution in [3.05, 3.63) is 54.9 Å². The van der Waals surface area contributed by atoms with E-state index in [1.165, 1.54) is 16.3 Å². The van der Waals surface area contributed by atoms with E-state index in [4.69, 9.17) is 0 Å². The maximum Gasteiger partial charge on any atom is 0.0346 e. The van der Waals surface area contributed by atoms with Gasteiger partial charge in [0.1, 0.15) is 0 Å². The number of nitrogens with zero attached hydrogens (tertiary/aromatic N) is 1. The normalized spacial score (nSPS) is 10.7. The first kappa shape index (κ1) is 13.1. The van der Waals surface area contributed by atoms with Gasteiger partial charge in [-0.1, -0.05) is 18.2 Å². The van der Waals surface area contributed by atoms with Crippen LogP contribution in [0.5, 0.6) is 0 Å². The molecule has 0 saturated carbocycles. The van der Waals surface area contributed by atoms with Crippen molar-refractivity contribution in [3.63, 3.8) is 0 Å². The zero-order valence-corrected chi connectivity index (χ0v) is 11.2. The molecule has 0 atom stereocenters. The highest BCUT2D eigenvalue weighted by molar-refractivity contribution is 7.99. The van der Waals surface area contributed by atoms with Gasteiger partial charge in [-0.25, -0.2) is 0 Å². The van der Waals surface area contributed by atoms with E-state index in [9.17, 15) is 0 Å². The second-order valence-electron chi connectivity index (χ2n) is 4.10. The summed E-state index contributed by atoms with van der Waals surface area (Å²) in [5.41, 5.74) is 1.32. The Balaban J connectivity index is 1.82. The van der Waals surface area contributed by atoms with Crippen molar-refractivity contribution < 1.29 is 0 Å². The van der Waals surface area contributed by atoms with Gasteiger partial charge < -0.3 is 5.32 Å². The van der Waals surface area contributed by atoms with Crippen LogP contribution in [-0.2, 0) is 6.54 Å². The number of pyridine rings is 1. The van der Waals surface area contributed by atoms with Crippen LogP contribution >= 0.6 is 11.8 Å². The second-order valence-corrected chi connectivity index (χ2v) is 5.25.